The lowest BCUT2D eigenvalue weighted by molar-refractivity contribution is 0.416. The van der Waals surface area contributed by atoms with E-state index in [1.54, 1.807) is 12.1 Å². The highest BCUT2D eigenvalue weighted by Crippen LogP contribution is 2.35. The smallest absolute Gasteiger partial charge is 0.259 e. The van der Waals surface area contributed by atoms with Crippen molar-refractivity contribution in [2.75, 3.05) is 0 Å². The molecule has 6 nitrogen and oxygen atoms in total. The molecule has 0 aliphatic rings. The van der Waals surface area contributed by atoms with Crippen LogP contribution in [-0.2, 0) is 0 Å². The number of hydrogen-bond donors (Lipinski definition) is 2. The number of rotatable bonds is 2. The first-order valence-corrected chi connectivity index (χ1v) is 6.32. The third-order valence-corrected chi connectivity index (χ3v) is 3.04. The Labute approximate surface area is 115 Å². The van der Waals surface area contributed by atoms with Crippen LogP contribution in [0.1, 0.15) is 25.6 Å². The minimum atomic E-state index is -0.260. The molecule has 0 fully saturated rings. The molecule has 0 saturated heterocycles. The molecule has 0 spiro atoms. The molecule has 0 aliphatic heterocycles. The van der Waals surface area contributed by atoms with E-state index in [0.717, 1.165) is 0 Å². The maximum absolute atomic E-state index is 10.3. The molecule has 20 heavy (non-hydrogen) atoms. The highest BCUT2D eigenvalue weighted by atomic mass is 16.3. The summed E-state index contributed by atoms with van der Waals surface area (Å²) in [6.45, 7) is 3.90. The van der Waals surface area contributed by atoms with E-state index in [0.29, 0.717) is 11.4 Å². The van der Waals surface area contributed by atoms with Crippen molar-refractivity contribution in [1.82, 2.24) is 19.6 Å². The van der Waals surface area contributed by atoms with Gasteiger partial charge in [0, 0.05) is 5.92 Å². The van der Waals surface area contributed by atoms with Gasteiger partial charge in [-0.2, -0.15) is 14.5 Å². The summed E-state index contributed by atoms with van der Waals surface area (Å²) >= 11 is 0. The van der Waals surface area contributed by atoms with E-state index in [1.165, 1.54) is 4.52 Å². The van der Waals surface area contributed by atoms with Gasteiger partial charge in [0.15, 0.2) is 5.82 Å². The molecule has 0 aliphatic carbocycles. The average Bonchev–Trinajstić information content (AvgIpc) is 2.84. The van der Waals surface area contributed by atoms with E-state index in [4.69, 9.17) is 0 Å². The standard InChI is InChI=1S/C14H14N4O2/c1-8(2)11-15-14-16-12(19)10(13(20)18(14)17-11)9-6-4-3-5-7-9/h3-8,20H,1-2H3,(H,15,16,17,19). The lowest BCUT2D eigenvalue weighted by Crippen LogP contribution is -1.96. The Kier molecular flexibility index (Phi) is 2.78. The number of fused-ring (bicyclic) bond motifs is 1. The molecule has 0 radical (unpaired) electrons. The fraction of sp³-hybridized carbons (Fsp3) is 0.214. The fourth-order valence-electron chi connectivity index (χ4n) is 2.00. The van der Waals surface area contributed by atoms with Gasteiger partial charge in [0.2, 0.25) is 11.8 Å². The molecule has 0 unspecified atom stereocenters. The Hall–Kier alpha value is -2.63. The van der Waals surface area contributed by atoms with Crippen LogP contribution in [0.25, 0.3) is 16.9 Å². The van der Waals surface area contributed by atoms with Gasteiger partial charge < -0.3 is 10.2 Å². The molecule has 1 aromatic carbocycles. The lowest BCUT2D eigenvalue weighted by atomic mass is 10.1. The van der Waals surface area contributed by atoms with Crippen molar-refractivity contribution in [2.24, 2.45) is 0 Å². The Bertz CT molecular complexity index is 766. The predicted octanol–water partition coefficient (Wildman–Crippen LogP) is 2.33. The highest BCUT2D eigenvalue weighted by molar-refractivity contribution is 5.74. The monoisotopic (exact) mass is 270 g/mol. The van der Waals surface area contributed by atoms with Gasteiger partial charge >= 0.3 is 0 Å². The number of nitrogens with zero attached hydrogens (tertiary/aromatic N) is 4. The molecule has 2 aromatic heterocycles. The van der Waals surface area contributed by atoms with Crippen LogP contribution in [0, 0.1) is 0 Å². The van der Waals surface area contributed by atoms with Crippen LogP contribution in [0.3, 0.4) is 0 Å². The fourth-order valence-corrected chi connectivity index (χ4v) is 2.00. The van der Waals surface area contributed by atoms with E-state index >= 15 is 0 Å². The second-order valence-corrected chi connectivity index (χ2v) is 4.84. The predicted molar refractivity (Wildman–Crippen MR) is 73.6 cm³/mol. The summed E-state index contributed by atoms with van der Waals surface area (Å²) in [5.74, 6) is 0.432. The van der Waals surface area contributed by atoms with Gasteiger partial charge in [-0.05, 0) is 5.56 Å². The molecular formula is C14H14N4O2. The number of aromatic hydroxyl groups is 2. The summed E-state index contributed by atoms with van der Waals surface area (Å²) in [5, 5.41) is 24.6. The Morgan fingerprint density at radius 3 is 2.40 bits per heavy atom. The molecule has 0 bridgehead atoms. The van der Waals surface area contributed by atoms with Gasteiger partial charge in [0.25, 0.3) is 5.78 Å². The van der Waals surface area contributed by atoms with Gasteiger partial charge in [-0.15, -0.1) is 5.10 Å². The SMILES string of the molecule is CC(C)c1nc2nc(O)c(-c3ccccc3)c(O)n2n1. The third-order valence-electron chi connectivity index (χ3n) is 3.04. The van der Waals surface area contributed by atoms with E-state index in [-0.39, 0.29) is 29.0 Å². The van der Waals surface area contributed by atoms with Crippen LogP contribution in [0.5, 0.6) is 11.8 Å². The van der Waals surface area contributed by atoms with E-state index in [1.807, 2.05) is 32.0 Å². The second-order valence-electron chi connectivity index (χ2n) is 4.84. The summed E-state index contributed by atoms with van der Waals surface area (Å²) in [6, 6.07) is 9.06. The normalized spacial score (nSPS) is 11.3. The number of hydrogen-bond acceptors (Lipinski definition) is 5. The molecule has 0 saturated carbocycles. The number of aromatic nitrogens is 4. The molecule has 2 heterocycles. The Morgan fingerprint density at radius 1 is 1.05 bits per heavy atom. The molecule has 0 amide bonds. The summed E-state index contributed by atoms with van der Waals surface area (Å²) in [6.07, 6.45) is 0. The summed E-state index contributed by atoms with van der Waals surface area (Å²) in [7, 11) is 0. The first-order chi connectivity index (χ1) is 9.58. The quantitative estimate of drug-likeness (QED) is 0.746. The maximum atomic E-state index is 10.3. The van der Waals surface area contributed by atoms with Gasteiger partial charge in [-0.25, -0.2) is 0 Å². The van der Waals surface area contributed by atoms with Crippen LogP contribution >= 0.6 is 0 Å². The Morgan fingerprint density at radius 2 is 1.75 bits per heavy atom. The van der Waals surface area contributed by atoms with E-state index in [2.05, 4.69) is 15.1 Å². The Balaban J connectivity index is 2.29. The zero-order valence-corrected chi connectivity index (χ0v) is 11.1. The highest BCUT2D eigenvalue weighted by Gasteiger charge is 2.19. The first-order valence-electron chi connectivity index (χ1n) is 6.32. The van der Waals surface area contributed by atoms with Crippen molar-refractivity contribution in [3.05, 3.63) is 36.2 Å². The average molecular weight is 270 g/mol. The van der Waals surface area contributed by atoms with Gasteiger partial charge in [-0.1, -0.05) is 44.2 Å². The van der Waals surface area contributed by atoms with Crippen molar-refractivity contribution in [3.63, 3.8) is 0 Å². The van der Waals surface area contributed by atoms with Crippen molar-refractivity contribution in [2.45, 2.75) is 19.8 Å². The lowest BCUT2D eigenvalue weighted by Gasteiger charge is -2.07. The molecule has 0 atom stereocenters. The van der Waals surface area contributed by atoms with Crippen LogP contribution in [0.4, 0.5) is 0 Å². The largest absolute Gasteiger partial charge is 0.493 e. The van der Waals surface area contributed by atoms with Gasteiger partial charge in [-0.3, -0.25) is 0 Å². The molecule has 3 rings (SSSR count). The summed E-state index contributed by atoms with van der Waals surface area (Å²) in [4.78, 5) is 8.19. The van der Waals surface area contributed by atoms with Crippen LogP contribution < -0.4 is 0 Å². The second kappa shape index (κ2) is 4.48. The molecular weight excluding hydrogens is 256 g/mol. The van der Waals surface area contributed by atoms with Crippen LogP contribution in [-0.4, -0.2) is 29.8 Å². The van der Waals surface area contributed by atoms with Gasteiger partial charge in [0.05, 0.1) is 0 Å². The van der Waals surface area contributed by atoms with E-state index < -0.39 is 0 Å². The van der Waals surface area contributed by atoms with Crippen molar-refractivity contribution >= 4 is 5.78 Å². The van der Waals surface area contributed by atoms with Gasteiger partial charge in [0.1, 0.15) is 5.56 Å². The van der Waals surface area contributed by atoms with Crippen molar-refractivity contribution < 1.29 is 10.2 Å². The summed E-state index contributed by atoms with van der Waals surface area (Å²) in [5.41, 5.74) is 0.914. The maximum Gasteiger partial charge on any atom is 0.259 e. The molecule has 6 heteroatoms. The van der Waals surface area contributed by atoms with Crippen LogP contribution in [0.15, 0.2) is 30.3 Å². The molecule has 102 valence electrons. The topological polar surface area (TPSA) is 83.5 Å². The zero-order chi connectivity index (χ0) is 14.3. The van der Waals surface area contributed by atoms with Crippen molar-refractivity contribution in [3.8, 4) is 22.9 Å². The third kappa shape index (κ3) is 1.85. The first kappa shape index (κ1) is 12.4. The molecule has 3 aromatic rings. The minimum absolute atomic E-state index is 0.110. The number of benzene rings is 1. The van der Waals surface area contributed by atoms with Crippen molar-refractivity contribution in [1.29, 1.82) is 0 Å². The van der Waals surface area contributed by atoms with E-state index in [9.17, 15) is 10.2 Å². The zero-order valence-electron chi connectivity index (χ0n) is 11.1. The van der Waals surface area contributed by atoms with Crippen LogP contribution in [0.2, 0.25) is 0 Å². The minimum Gasteiger partial charge on any atom is -0.493 e. The molecule has 2 N–H and O–H groups in total. The summed E-state index contributed by atoms with van der Waals surface area (Å²) < 4.78 is 1.25.